The number of rotatable bonds is 5. The summed E-state index contributed by atoms with van der Waals surface area (Å²) in [4.78, 5) is 16.9. The third-order valence-electron chi connectivity index (χ3n) is 5.33. The molecule has 1 N–H and O–H groups in total. The van der Waals surface area contributed by atoms with Crippen LogP contribution in [0.1, 0.15) is 32.3 Å². The molecule has 3 rings (SSSR count). The molecule has 134 valence electrons. The van der Waals surface area contributed by atoms with Crippen LogP contribution in [0, 0.1) is 5.92 Å². The highest BCUT2D eigenvalue weighted by molar-refractivity contribution is 5.87. The van der Waals surface area contributed by atoms with Crippen LogP contribution in [-0.4, -0.2) is 47.0 Å². The number of aromatic hydroxyl groups is 1. The van der Waals surface area contributed by atoms with Gasteiger partial charge in [0.15, 0.2) is 0 Å². The van der Waals surface area contributed by atoms with E-state index in [4.69, 9.17) is 0 Å². The van der Waals surface area contributed by atoms with Crippen LogP contribution in [0.25, 0.3) is 10.8 Å². The van der Waals surface area contributed by atoms with Crippen molar-refractivity contribution in [3.8, 4) is 5.75 Å². The van der Waals surface area contributed by atoms with Crippen molar-refractivity contribution in [1.29, 1.82) is 0 Å². The normalized spacial score (nSPS) is 18.4. The average molecular weight is 340 g/mol. The predicted molar refractivity (Wildman–Crippen MR) is 102 cm³/mol. The minimum Gasteiger partial charge on any atom is -0.508 e. The number of hydrogen-bond donors (Lipinski definition) is 1. The Bertz CT molecular complexity index is 740. The zero-order valence-corrected chi connectivity index (χ0v) is 15.2. The van der Waals surface area contributed by atoms with Crippen molar-refractivity contribution in [1.82, 2.24) is 9.80 Å². The summed E-state index contributed by atoms with van der Waals surface area (Å²) in [7, 11) is 0. The van der Waals surface area contributed by atoms with Gasteiger partial charge in [0, 0.05) is 31.7 Å². The van der Waals surface area contributed by atoms with Crippen molar-refractivity contribution in [2.24, 2.45) is 5.92 Å². The van der Waals surface area contributed by atoms with Gasteiger partial charge in [0.2, 0.25) is 5.91 Å². The van der Waals surface area contributed by atoms with Crippen LogP contribution in [-0.2, 0) is 11.3 Å². The first-order valence-corrected chi connectivity index (χ1v) is 9.34. The molecule has 1 amide bonds. The van der Waals surface area contributed by atoms with Gasteiger partial charge >= 0.3 is 0 Å². The number of carbonyl (C=O) groups is 1. The minimum absolute atomic E-state index is 0.0748. The molecule has 0 aromatic heterocycles. The van der Waals surface area contributed by atoms with E-state index < -0.39 is 0 Å². The second kappa shape index (κ2) is 7.87. The highest BCUT2D eigenvalue weighted by Crippen LogP contribution is 2.30. The van der Waals surface area contributed by atoms with Gasteiger partial charge in [-0.3, -0.25) is 9.69 Å². The van der Waals surface area contributed by atoms with Crippen LogP contribution in [0.2, 0.25) is 0 Å². The summed E-state index contributed by atoms with van der Waals surface area (Å²) in [6.45, 7) is 8.07. The van der Waals surface area contributed by atoms with Crippen molar-refractivity contribution in [2.75, 3.05) is 26.2 Å². The molecule has 0 aliphatic carbocycles. The molecule has 2 aromatic carbocycles. The maximum Gasteiger partial charge on any atom is 0.226 e. The number of likely N-dealkylation sites (tertiary alicyclic amines) is 1. The van der Waals surface area contributed by atoms with Gasteiger partial charge in [-0.05, 0) is 50.1 Å². The summed E-state index contributed by atoms with van der Waals surface area (Å²) in [6, 6.07) is 11.9. The molecule has 2 aromatic rings. The fourth-order valence-electron chi connectivity index (χ4n) is 3.91. The van der Waals surface area contributed by atoms with E-state index >= 15 is 0 Å². The topological polar surface area (TPSA) is 43.8 Å². The Hall–Kier alpha value is -2.07. The molecule has 0 spiro atoms. The number of amides is 1. The standard InChI is InChI=1S/C21H28N2O2/c1-3-23(4-2)21(25)17-9-7-13-22(14-17)15-19-18-10-6-5-8-16(18)11-12-20(19)24/h5-6,8,10-12,17,24H,3-4,7,9,13-15H2,1-2H3/t17-/m1/s1. The van der Waals surface area contributed by atoms with E-state index in [2.05, 4.69) is 17.0 Å². The number of fused-ring (bicyclic) bond motifs is 1. The van der Waals surface area contributed by atoms with E-state index in [1.807, 2.05) is 36.9 Å². The lowest BCUT2D eigenvalue weighted by Crippen LogP contribution is -2.44. The second-order valence-corrected chi connectivity index (χ2v) is 6.87. The number of piperidine rings is 1. The van der Waals surface area contributed by atoms with Gasteiger partial charge in [-0.2, -0.15) is 0 Å². The molecule has 0 radical (unpaired) electrons. The first kappa shape index (κ1) is 17.7. The quantitative estimate of drug-likeness (QED) is 0.904. The molecule has 1 aliphatic rings. The molecule has 0 bridgehead atoms. The van der Waals surface area contributed by atoms with Crippen molar-refractivity contribution >= 4 is 16.7 Å². The minimum atomic E-state index is 0.0748. The van der Waals surface area contributed by atoms with Crippen LogP contribution < -0.4 is 0 Å². The summed E-state index contributed by atoms with van der Waals surface area (Å²) >= 11 is 0. The zero-order valence-electron chi connectivity index (χ0n) is 15.2. The molecule has 1 atom stereocenters. The smallest absolute Gasteiger partial charge is 0.226 e. The highest BCUT2D eigenvalue weighted by atomic mass is 16.3. The number of nitrogens with zero attached hydrogens (tertiary/aromatic N) is 2. The van der Waals surface area contributed by atoms with E-state index in [0.717, 1.165) is 55.4 Å². The third-order valence-corrected chi connectivity index (χ3v) is 5.33. The van der Waals surface area contributed by atoms with Gasteiger partial charge in [0.1, 0.15) is 5.75 Å². The largest absolute Gasteiger partial charge is 0.508 e. The lowest BCUT2D eigenvalue weighted by Gasteiger charge is -2.34. The van der Waals surface area contributed by atoms with Gasteiger partial charge in [0.25, 0.3) is 0 Å². The molecule has 0 saturated carbocycles. The summed E-state index contributed by atoms with van der Waals surface area (Å²) in [5.41, 5.74) is 0.967. The van der Waals surface area contributed by atoms with Crippen LogP contribution in [0.5, 0.6) is 5.75 Å². The third kappa shape index (κ3) is 3.79. The summed E-state index contributed by atoms with van der Waals surface area (Å²) < 4.78 is 0. The van der Waals surface area contributed by atoms with Crippen molar-refractivity contribution in [3.63, 3.8) is 0 Å². The molecule has 25 heavy (non-hydrogen) atoms. The van der Waals surface area contributed by atoms with Crippen LogP contribution in [0.4, 0.5) is 0 Å². The van der Waals surface area contributed by atoms with E-state index in [9.17, 15) is 9.90 Å². The highest BCUT2D eigenvalue weighted by Gasteiger charge is 2.28. The molecule has 1 fully saturated rings. The number of benzene rings is 2. The van der Waals surface area contributed by atoms with E-state index in [1.165, 1.54) is 0 Å². The Morgan fingerprint density at radius 2 is 1.96 bits per heavy atom. The Labute approximate surface area is 150 Å². The van der Waals surface area contributed by atoms with E-state index in [0.29, 0.717) is 12.3 Å². The molecular weight excluding hydrogens is 312 g/mol. The average Bonchev–Trinajstić information content (AvgIpc) is 2.65. The van der Waals surface area contributed by atoms with Crippen molar-refractivity contribution < 1.29 is 9.90 Å². The Balaban J connectivity index is 1.77. The van der Waals surface area contributed by atoms with Gasteiger partial charge in [-0.1, -0.05) is 30.3 Å². The van der Waals surface area contributed by atoms with Crippen LogP contribution in [0.3, 0.4) is 0 Å². The van der Waals surface area contributed by atoms with Crippen molar-refractivity contribution in [2.45, 2.75) is 33.2 Å². The van der Waals surface area contributed by atoms with Gasteiger partial charge < -0.3 is 10.0 Å². The monoisotopic (exact) mass is 340 g/mol. The van der Waals surface area contributed by atoms with Gasteiger partial charge in [0.05, 0.1) is 5.92 Å². The molecule has 4 heteroatoms. The van der Waals surface area contributed by atoms with Crippen LogP contribution >= 0.6 is 0 Å². The maximum atomic E-state index is 12.7. The molecular formula is C21H28N2O2. The molecule has 4 nitrogen and oxygen atoms in total. The zero-order chi connectivity index (χ0) is 17.8. The summed E-state index contributed by atoms with van der Waals surface area (Å²) in [5, 5.41) is 12.6. The van der Waals surface area contributed by atoms with Crippen molar-refractivity contribution in [3.05, 3.63) is 42.0 Å². The van der Waals surface area contributed by atoms with Crippen LogP contribution in [0.15, 0.2) is 36.4 Å². The first-order chi connectivity index (χ1) is 12.1. The second-order valence-electron chi connectivity index (χ2n) is 6.87. The summed E-state index contributed by atoms with van der Waals surface area (Å²) in [6.07, 6.45) is 2.00. The fourth-order valence-corrected chi connectivity index (χ4v) is 3.91. The van der Waals surface area contributed by atoms with E-state index in [1.54, 1.807) is 6.07 Å². The lowest BCUT2D eigenvalue weighted by atomic mass is 9.95. The van der Waals surface area contributed by atoms with Gasteiger partial charge in [-0.15, -0.1) is 0 Å². The predicted octanol–water partition coefficient (Wildman–Crippen LogP) is 3.63. The Morgan fingerprint density at radius 3 is 2.72 bits per heavy atom. The number of hydrogen-bond acceptors (Lipinski definition) is 3. The fraction of sp³-hybridized carbons (Fsp3) is 0.476. The number of phenols is 1. The van der Waals surface area contributed by atoms with Gasteiger partial charge in [-0.25, -0.2) is 0 Å². The molecule has 1 heterocycles. The Morgan fingerprint density at radius 1 is 1.20 bits per heavy atom. The lowest BCUT2D eigenvalue weighted by molar-refractivity contribution is -0.137. The first-order valence-electron chi connectivity index (χ1n) is 9.34. The molecule has 0 unspecified atom stereocenters. The SMILES string of the molecule is CCN(CC)C(=O)[C@@H]1CCCN(Cc2c(O)ccc3ccccc23)C1. The maximum absolute atomic E-state index is 12.7. The number of phenolic OH excluding ortho intramolecular Hbond substituents is 1. The summed E-state index contributed by atoms with van der Waals surface area (Å²) in [5.74, 6) is 0.693. The van der Waals surface area contributed by atoms with E-state index in [-0.39, 0.29) is 11.8 Å². The number of carbonyl (C=O) groups excluding carboxylic acids is 1. The Kier molecular flexibility index (Phi) is 5.59. The molecule has 1 saturated heterocycles. The molecule has 1 aliphatic heterocycles.